The quantitative estimate of drug-likeness (QED) is 0.687. The number of hydrogen-bond donors (Lipinski definition) is 1. The summed E-state index contributed by atoms with van der Waals surface area (Å²) in [4.78, 5) is 11.6. The van der Waals surface area contributed by atoms with Crippen LogP contribution in [0.3, 0.4) is 0 Å². The first kappa shape index (κ1) is 14.2. The van der Waals surface area contributed by atoms with Gasteiger partial charge in [-0.1, -0.05) is 6.92 Å². The molecule has 0 aliphatic carbocycles. The number of nitro groups is 1. The van der Waals surface area contributed by atoms with Crippen LogP contribution in [0.25, 0.3) is 0 Å². The molecule has 1 aromatic rings. The summed E-state index contributed by atoms with van der Waals surface area (Å²) in [5, 5.41) is 14.0. The van der Waals surface area contributed by atoms with Crippen LogP contribution >= 0.6 is 0 Å². The topological polar surface area (TPSA) is 58.4 Å². The lowest BCUT2D eigenvalue weighted by atomic mass is 9.93. The number of fused-ring (bicyclic) bond motifs is 1. The van der Waals surface area contributed by atoms with Crippen LogP contribution < -0.4 is 10.2 Å². The first-order valence-corrected chi connectivity index (χ1v) is 7.13. The van der Waals surface area contributed by atoms with Crippen molar-refractivity contribution in [2.75, 3.05) is 24.5 Å². The molecule has 114 valence electrons. The Hall–Kier alpha value is -1.76. The third kappa shape index (κ3) is 2.25. The van der Waals surface area contributed by atoms with E-state index in [2.05, 4.69) is 5.32 Å². The Labute approximate surface area is 121 Å². The molecule has 0 bridgehead atoms. The van der Waals surface area contributed by atoms with Gasteiger partial charge in [0.1, 0.15) is 5.69 Å². The maximum absolute atomic E-state index is 14.2. The molecule has 0 radical (unpaired) electrons. The molecule has 7 heteroatoms. The molecule has 21 heavy (non-hydrogen) atoms. The Morgan fingerprint density at radius 3 is 2.62 bits per heavy atom. The molecule has 2 aliphatic rings. The molecule has 3 atom stereocenters. The minimum Gasteiger partial charge on any atom is -0.363 e. The molecular formula is C14H17F2N3O2. The minimum atomic E-state index is -0.854. The molecule has 2 saturated heterocycles. The number of nitrogens with zero attached hydrogens (tertiary/aromatic N) is 2. The Morgan fingerprint density at radius 1 is 1.38 bits per heavy atom. The second-order valence-corrected chi connectivity index (χ2v) is 5.73. The number of nitro benzene ring substituents is 1. The van der Waals surface area contributed by atoms with Crippen LogP contribution in [0.1, 0.15) is 13.3 Å². The van der Waals surface area contributed by atoms with E-state index < -0.39 is 22.2 Å². The summed E-state index contributed by atoms with van der Waals surface area (Å²) in [6.07, 6.45) is 0.790. The fourth-order valence-electron chi connectivity index (χ4n) is 3.73. The molecular weight excluding hydrogens is 280 g/mol. The van der Waals surface area contributed by atoms with E-state index in [9.17, 15) is 18.9 Å². The number of rotatable bonds is 3. The number of hydrogen-bond acceptors (Lipinski definition) is 4. The van der Waals surface area contributed by atoms with Gasteiger partial charge in [0.15, 0.2) is 11.6 Å². The molecule has 0 amide bonds. The molecule has 3 rings (SSSR count). The van der Waals surface area contributed by atoms with E-state index in [1.165, 1.54) is 0 Å². The predicted octanol–water partition coefficient (Wildman–Crippen LogP) is 2.31. The van der Waals surface area contributed by atoms with Crippen LogP contribution in [0.15, 0.2) is 12.1 Å². The summed E-state index contributed by atoms with van der Waals surface area (Å²) >= 11 is 0. The van der Waals surface area contributed by atoms with Crippen molar-refractivity contribution >= 4 is 11.4 Å². The number of anilines is 1. The highest BCUT2D eigenvalue weighted by molar-refractivity contribution is 5.55. The molecule has 5 nitrogen and oxygen atoms in total. The molecule has 2 fully saturated rings. The normalized spacial score (nSPS) is 28.0. The lowest BCUT2D eigenvalue weighted by Gasteiger charge is -2.29. The monoisotopic (exact) mass is 297 g/mol. The lowest BCUT2D eigenvalue weighted by molar-refractivity contribution is -0.385. The molecule has 2 aliphatic heterocycles. The summed E-state index contributed by atoms with van der Waals surface area (Å²) in [5.41, 5.74) is -0.676. The molecule has 1 aromatic carbocycles. The highest BCUT2D eigenvalue weighted by atomic mass is 19.1. The zero-order chi connectivity index (χ0) is 15.1. The standard InChI is InChI=1S/C14H17F2N3O2/c1-2-13-10-6-17-5-8(10)7-18(13)14-11(15)3-9(19(20)21)4-12(14)16/h3-4,8,10,13,17H,2,5-7H2,1H3. The van der Waals surface area contributed by atoms with Crippen LogP contribution in [0, 0.1) is 33.6 Å². The first-order valence-electron chi connectivity index (χ1n) is 7.13. The van der Waals surface area contributed by atoms with Crippen molar-refractivity contribution < 1.29 is 13.7 Å². The molecule has 0 aromatic heterocycles. The van der Waals surface area contributed by atoms with E-state index in [1.54, 1.807) is 4.90 Å². The average molecular weight is 297 g/mol. The van der Waals surface area contributed by atoms with Gasteiger partial charge < -0.3 is 10.2 Å². The largest absolute Gasteiger partial charge is 0.363 e. The van der Waals surface area contributed by atoms with E-state index in [0.717, 1.165) is 31.6 Å². The van der Waals surface area contributed by atoms with Gasteiger partial charge in [-0.3, -0.25) is 10.1 Å². The summed E-state index contributed by atoms with van der Waals surface area (Å²) in [6, 6.07) is 1.67. The SMILES string of the molecule is CCC1C2CNCC2CN1c1c(F)cc([N+](=O)[O-])cc1F. The summed E-state index contributed by atoms with van der Waals surface area (Å²) < 4.78 is 28.4. The minimum absolute atomic E-state index is 0.0652. The van der Waals surface area contributed by atoms with E-state index in [0.29, 0.717) is 18.4 Å². The maximum atomic E-state index is 14.2. The van der Waals surface area contributed by atoms with Crippen LogP contribution in [0.5, 0.6) is 0 Å². The van der Waals surface area contributed by atoms with Gasteiger partial charge in [-0.25, -0.2) is 8.78 Å². The van der Waals surface area contributed by atoms with Crippen molar-refractivity contribution in [3.05, 3.63) is 33.9 Å². The van der Waals surface area contributed by atoms with Gasteiger partial charge in [-0.2, -0.15) is 0 Å². The molecule has 1 N–H and O–H groups in total. The first-order chi connectivity index (χ1) is 10.0. The van der Waals surface area contributed by atoms with Crippen molar-refractivity contribution in [2.45, 2.75) is 19.4 Å². The Bertz CT molecular complexity index is 558. The van der Waals surface area contributed by atoms with Crippen LogP contribution in [-0.4, -0.2) is 30.6 Å². The zero-order valence-corrected chi connectivity index (χ0v) is 11.7. The second kappa shape index (κ2) is 5.22. The van der Waals surface area contributed by atoms with Crippen molar-refractivity contribution in [3.63, 3.8) is 0 Å². The number of halogens is 2. The van der Waals surface area contributed by atoms with Crippen LogP contribution in [0.2, 0.25) is 0 Å². The number of nitrogens with one attached hydrogen (secondary N) is 1. The third-order valence-corrected chi connectivity index (χ3v) is 4.64. The van der Waals surface area contributed by atoms with E-state index >= 15 is 0 Å². The smallest absolute Gasteiger partial charge is 0.275 e. The van der Waals surface area contributed by atoms with Gasteiger partial charge in [0.25, 0.3) is 5.69 Å². The Balaban J connectivity index is 1.98. The van der Waals surface area contributed by atoms with Crippen molar-refractivity contribution in [3.8, 4) is 0 Å². The molecule has 2 heterocycles. The zero-order valence-electron chi connectivity index (χ0n) is 11.7. The average Bonchev–Trinajstić information content (AvgIpc) is 2.98. The van der Waals surface area contributed by atoms with Crippen molar-refractivity contribution in [1.29, 1.82) is 0 Å². The van der Waals surface area contributed by atoms with Crippen molar-refractivity contribution in [2.24, 2.45) is 11.8 Å². The van der Waals surface area contributed by atoms with Gasteiger partial charge in [-0.05, 0) is 18.3 Å². The predicted molar refractivity (Wildman–Crippen MR) is 74.3 cm³/mol. The molecule has 0 saturated carbocycles. The van der Waals surface area contributed by atoms with E-state index in [4.69, 9.17) is 0 Å². The van der Waals surface area contributed by atoms with E-state index in [-0.39, 0.29) is 11.7 Å². The van der Waals surface area contributed by atoms with Crippen molar-refractivity contribution in [1.82, 2.24) is 5.32 Å². The Kier molecular flexibility index (Phi) is 3.52. The van der Waals surface area contributed by atoms with E-state index in [1.807, 2.05) is 6.92 Å². The molecule has 0 spiro atoms. The van der Waals surface area contributed by atoms with Gasteiger partial charge in [0.05, 0.1) is 17.1 Å². The third-order valence-electron chi connectivity index (χ3n) is 4.64. The highest BCUT2D eigenvalue weighted by Gasteiger charge is 2.44. The Morgan fingerprint density at radius 2 is 2.05 bits per heavy atom. The van der Waals surface area contributed by atoms with Gasteiger partial charge >= 0.3 is 0 Å². The summed E-state index contributed by atoms with van der Waals surface area (Å²) in [5.74, 6) is -0.950. The van der Waals surface area contributed by atoms with Gasteiger partial charge in [0.2, 0.25) is 0 Å². The number of non-ortho nitro benzene ring substituents is 1. The second-order valence-electron chi connectivity index (χ2n) is 5.73. The van der Waals surface area contributed by atoms with Crippen LogP contribution in [-0.2, 0) is 0 Å². The fourth-order valence-corrected chi connectivity index (χ4v) is 3.73. The molecule has 3 unspecified atom stereocenters. The van der Waals surface area contributed by atoms with Gasteiger partial charge in [-0.15, -0.1) is 0 Å². The fraction of sp³-hybridized carbons (Fsp3) is 0.571. The maximum Gasteiger partial charge on any atom is 0.275 e. The van der Waals surface area contributed by atoms with Gasteiger partial charge in [0, 0.05) is 25.7 Å². The highest BCUT2D eigenvalue weighted by Crippen LogP contribution is 2.40. The summed E-state index contributed by atoms with van der Waals surface area (Å²) in [7, 11) is 0. The number of benzene rings is 1. The summed E-state index contributed by atoms with van der Waals surface area (Å²) in [6.45, 7) is 4.30. The van der Waals surface area contributed by atoms with Crippen LogP contribution in [0.4, 0.5) is 20.2 Å². The lowest BCUT2D eigenvalue weighted by Crippen LogP contribution is -2.36.